The van der Waals surface area contributed by atoms with Crippen molar-refractivity contribution in [2.24, 2.45) is 0 Å². The van der Waals surface area contributed by atoms with Crippen LogP contribution in [0, 0.1) is 0 Å². The third-order valence-corrected chi connectivity index (χ3v) is 6.71. The van der Waals surface area contributed by atoms with Gasteiger partial charge in [0.15, 0.2) is 11.6 Å². The lowest BCUT2D eigenvalue weighted by atomic mass is 10.2. The Bertz CT molecular complexity index is 1370. The van der Waals surface area contributed by atoms with Crippen LogP contribution in [0.1, 0.15) is 24.7 Å². The number of nitrogens with zero attached hydrogens (tertiary/aromatic N) is 6. The second kappa shape index (κ2) is 9.80. The van der Waals surface area contributed by atoms with Crippen LogP contribution >= 0.6 is 0 Å². The number of amides is 4. The Morgan fingerprint density at radius 2 is 2.00 bits per heavy atom. The van der Waals surface area contributed by atoms with Gasteiger partial charge in [-0.15, -0.1) is 0 Å². The van der Waals surface area contributed by atoms with Gasteiger partial charge in [-0.1, -0.05) is 6.58 Å². The highest BCUT2D eigenvalue weighted by atomic mass is 16.5. The number of methoxy groups -OCH3 is 1. The van der Waals surface area contributed by atoms with E-state index in [1.807, 2.05) is 0 Å². The largest absolute Gasteiger partial charge is 0.497 e. The second-order valence-corrected chi connectivity index (χ2v) is 8.84. The maximum absolute atomic E-state index is 13.2. The number of likely N-dealkylation sites (tertiary alicyclic amines) is 1. The fourth-order valence-corrected chi connectivity index (χ4v) is 4.85. The van der Waals surface area contributed by atoms with Gasteiger partial charge in [-0.25, -0.2) is 14.8 Å². The molecule has 0 aliphatic carbocycles. The number of ether oxygens (including phenoxy) is 1. The molecule has 3 N–H and O–H groups in total. The number of hydrogen-bond acceptors (Lipinski definition) is 7. The molecule has 192 valence electrons. The third-order valence-electron chi connectivity index (χ3n) is 6.71. The number of imidazole rings is 1. The highest BCUT2D eigenvalue weighted by Crippen LogP contribution is 2.36. The molecule has 1 unspecified atom stereocenters. The molecule has 4 amide bonds. The minimum absolute atomic E-state index is 0.124. The van der Waals surface area contributed by atoms with Gasteiger partial charge in [0.05, 0.1) is 13.2 Å². The molecule has 0 saturated carbocycles. The van der Waals surface area contributed by atoms with Crippen molar-refractivity contribution in [2.75, 3.05) is 49.2 Å². The number of nitrogens with two attached hydrogens (primary N) is 1. The second-order valence-electron chi connectivity index (χ2n) is 8.84. The summed E-state index contributed by atoms with van der Waals surface area (Å²) in [6, 6.07) is 6.29. The summed E-state index contributed by atoms with van der Waals surface area (Å²) in [5.74, 6) is 1.42. The Balaban J connectivity index is 1.38. The van der Waals surface area contributed by atoms with Crippen LogP contribution in [-0.2, 0) is 9.59 Å². The first-order valence-corrected chi connectivity index (χ1v) is 12.0. The van der Waals surface area contributed by atoms with E-state index in [-0.39, 0.29) is 42.8 Å². The van der Waals surface area contributed by atoms with Crippen molar-refractivity contribution in [3.8, 4) is 5.75 Å². The summed E-state index contributed by atoms with van der Waals surface area (Å²) in [5.41, 5.74) is 7.33. The van der Waals surface area contributed by atoms with Crippen LogP contribution in [0.25, 0.3) is 5.52 Å². The quantitative estimate of drug-likeness (QED) is 0.507. The predicted octanol–water partition coefficient (Wildman–Crippen LogP) is 2.05. The van der Waals surface area contributed by atoms with Gasteiger partial charge in [-0.2, -0.15) is 0 Å². The lowest BCUT2D eigenvalue weighted by Gasteiger charge is -2.33. The number of carbonyl (C=O) groups excluding carboxylic acids is 3. The van der Waals surface area contributed by atoms with Gasteiger partial charge in [0.1, 0.15) is 23.6 Å². The summed E-state index contributed by atoms with van der Waals surface area (Å²) in [4.78, 5) is 52.2. The Morgan fingerprint density at radius 3 is 2.70 bits per heavy atom. The number of piperazine rings is 1. The zero-order chi connectivity index (χ0) is 26.1. The zero-order valence-electron chi connectivity index (χ0n) is 20.5. The molecular formula is C25H28N8O4. The predicted molar refractivity (Wildman–Crippen MR) is 137 cm³/mol. The highest BCUT2D eigenvalue weighted by Gasteiger charge is 2.36. The van der Waals surface area contributed by atoms with Crippen molar-refractivity contribution in [2.45, 2.75) is 18.9 Å². The fourth-order valence-electron chi connectivity index (χ4n) is 4.85. The molecule has 0 spiro atoms. The van der Waals surface area contributed by atoms with Crippen LogP contribution in [0.5, 0.6) is 5.75 Å². The molecule has 0 bridgehead atoms. The molecule has 12 heteroatoms. The lowest BCUT2D eigenvalue weighted by Crippen LogP contribution is -2.53. The highest BCUT2D eigenvalue weighted by molar-refractivity contribution is 6.02. The fraction of sp³-hybridized carbons (Fsp3) is 0.320. The van der Waals surface area contributed by atoms with E-state index in [4.69, 9.17) is 15.5 Å². The van der Waals surface area contributed by atoms with Crippen LogP contribution in [-0.4, -0.2) is 75.3 Å². The van der Waals surface area contributed by atoms with E-state index in [0.717, 1.165) is 12.8 Å². The number of benzene rings is 1. The third kappa shape index (κ3) is 4.41. The monoisotopic (exact) mass is 504 g/mol. The zero-order valence-corrected chi connectivity index (χ0v) is 20.5. The van der Waals surface area contributed by atoms with Gasteiger partial charge in [0.25, 0.3) is 0 Å². The molecule has 3 aromatic rings. The number of nitrogen functional groups attached to an aromatic ring is 1. The Hall–Kier alpha value is -4.61. The molecule has 12 nitrogen and oxygen atoms in total. The molecule has 2 aliphatic rings. The maximum Gasteiger partial charge on any atom is 0.322 e. The summed E-state index contributed by atoms with van der Waals surface area (Å²) < 4.78 is 6.94. The number of anilines is 3. The topological polar surface area (TPSA) is 138 Å². The van der Waals surface area contributed by atoms with Gasteiger partial charge < -0.3 is 25.6 Å². The van der Waals surface area contributed by atoms with Crippen molar-refractivity contribution in [3.05, 3.63) is 55.1 Å². The average molecular weight is 505 g/mol. The van der Waals surface area contributed by atoms with E-state index >= 15 is 0 Å². The standard InChI is InChI=1S/C25H28N8O4/c1-3-19(34)31-11-4-5-18(31)23-29-24(21-22(26)27-10-12-33(21)23)32-14-13-30(15-20(32)35)25(36)28-16-6-8-17(37-2)9-7-16/h3,6-10,12,18H,1,4-5,11,13-15H2,2H3,(H2,26,27)(H,28,36). The SMILES string of the molecule is C=CC(=O)N1CCCC1c1nc(N2CCN(C(=O)Nc3ccc(OC)cc3)CC2=O)c2c(N)nccn12. The molecule has 1 aromatic carbocycles. The first-order valence-electron chi connectivity index (χ1n) is 12.0. The lowest BCUT2D eigenvalue weighted by molar-refractivity contribution is -0.127. The van der Waals surface area contributed by atoms with Crippen molar-refractivity contribution in [3.63, 3.8) is 0 Å². The van der Waals surface area contributed by atoms with E-state index in [9.17, 15) is 14.4 Å². The van der Waals surface area contributed by atoms with E-state index in [1.54, 1.807) is 53.1 Å². The maximum atomic E-state index is 13.2. The van der Waals surface area contributed by atoms with E-state index in [1.165, 1.54) is 15.9 Å². The van der Waals surface area contributed by atoms with Gasteiger partial charge in [0.2, 0.25) is 11.8 Å². The molecule has 2 fully saturated rings. The van der Waals surface area contributed by atoms with Gasteiger partial charge >= 0.3 is 6.03 Å². The summed E-state index contributed by atoms with van der Waals surface area (Å²) in [6.45, 7) is 4.61. The molecule has 2 aromatic heterocycles. The Kier molecular flexibility index (Phi) is 6.38. The molecule has 2 aliphatic heterocycles. The van der Waals surface area contributed by atoms with Crippen molar-refractivity contribution in [1.29, 1.82) is 0 Å². The normalized spacial score (nSPS) is 17.8. The minimum Gasteiger partial charge on any atom is -0.497 e. The summed E-state index contributed by atoms with van der Waals surface area (Å²) in [6.07, 6.45) is 6.15. The summed E-state index contributed by atoms with van der Waals surface area (Å²) in [5, 5.41) is 2.80. The van der Waals surface area contributed by atoms with Crippen molar-refractivity contribution in [1.82, 2.24) is 24.2 Å². The van der Waals surface area contributed by atoms with E-state index in [2.05, 4.69) is 16.9 Å². The van der Waals surface area contributed by atoms with Crippen LogP contribution in [0.4, 0.5) is 22.1 Å². The van der Waals surface area contributed by atoms with E-state index in [0.29, 0.717) is 41.7 Å². The molecule has 2 saturated heterocycles. The summed E-state index contributed by atoms with van der Waals surface area (Å²) in [7, 11) is 1.57. The molecular weight excluding hydrogens is 476 g/mol. The van der Waals surface area contributed by atoms with Crippen LogP contribution in [0.15, 0.2) is 49.3 Å². The number of rotatable bonds is 5. The molecule has 37 heavy (non-hydrogen) atoms. The first kappa shape index (κ1) is 24.1. The van der Waals surface area contributed by atoms with Gasteiger partial charge in [-0.05, 0) is 43.2 Å². The first-order chi connectivity index (χ1) is 17.9. The average Bonchev–Trinajstić information content (AvgIpc) is 3.54. The molecule has 0 radical (unpaired) electrons. The molecule has 4 heterocycles. The smallest absolute Gasteiger partial charge is 0.322 e. The van der Waals surface area contributed by atoms with Crippen molar-refractivity contribution >= 4 is 40.7 Å². The molecule has 1 atom stereocenters. The summed E-state index contributed by atoms with van der Waals surface area (Å²) >= 11 is 0. The molecule has 5 rings (SSSR count). The number of carbonyl (C=O) groups is 3. The van der Waals surface area contributed by atoms with Crippen molar-refractivity contribution < 1.29 is 19.1 Å². The van der Waals surface area contributed by atoms with E-state index < -0.39 is 0 Å². The number of aromatic nitrogens is 3. The minimum atomic E-state index is -0.376. The van der Waals surface area contributed by atoms with Crippen LogP contribution in [0.3, 0.4) is 0 Å². The number of nitrogens with one attached hydrogen (secondary N) is 1. The van der Waals surface area contributed by atoms with Gasteiger partial charge in [-0.3, -0.25) is 18.9 Å². The number of hydrogen-bond donors (Lipinski definition) is 2. The Morgan fingerprint density at radius 1 is 1.22 bits per heavy atom. The van der Waals surface area contributed by atoms with Gasteiger partial charge in [0, 0.05) is 37.7 Å². The van der Waals surface area contributed by atoms with Crippen LogP contribution < -0.4 is 20.7 Å². The van der Waals surface area contributed by atoms with Crippen LogP contribution in [0.2, 0.25) is 0 Å². The number of urea groups is 1. The number of fused-ring (bicyclic) bond motifs is 1. The Labute approximate surface area is 213 Å².